The van der Waals surface area contributed by atoms with E-state index in [-0.39, 0.29) is 6.04 Å². The summed E-state index contributed by atoms with van der Waals surface area (Å²) in [7, 11) is 0. The summed E-state index contributed by atoms with van der Waals surface area (Å²) < 4.78 is 0. The van der Waals surface area contributed by atoms with Crippen LogP contribution in [-0.2, 0) is 0 Å². The lowest BCUT2D eigenvalue weighted by Gasteiger charge is -2.15. The van der Waals surface area contributed by atoms with Crippen LogP contribution in [-0.4, -0.2) is 5.25 Å². The van der Waals surface area contributed by atoms with E-state index in [4.69, 9.17) is 5.73 Å². The van der Waals surface area contributed by atoms with Crippen molar-refractivity contribution in [3.8, 4) is 0 Å². The van der Waals surface area contributed by atoms with Crippen LogP contribution in [0.3, 0.4) is 0 Å². The molecule has 78 valence electrons. The first kappa shape index (κ1) is 11.6. The first-order valence-electron chi connectivity index (χ1n) is 5.16. The molecular formula is C12H19NS. The average Bonchev–Trinajstić information content (AvgIpc) is 2.16. The molecule has 0 bridgehead atoms. The van der Waals surface area contributed by atoms with Gasteiger partial charge >= 0.3 is 0 Å². The molecule has 1 atom stereocenters. The summed E-state index contributed by atoms with van der Waals surface area (Å²) in [4.78, 5) is 1.33. The number of nitrogens with two attached hydrogens (primary N) is 1. The van der Waals surface area contributed by atoms with Crippen molar-refractivity contribution in [3.05, 3.63) is 29.8 Å². The Morgan fingerprint density at radius 1 is 1.29 bits per heavy atom. The Bertz CT molecular complexity index is 283. The largest absolute Gasteiger partial charge is 0.324 e. The monoisotopic (exact) mass is 209 g/mol. The van der Waals surface area contributed by atoms with Gasteiger partial charge in [-0.25, -0.2) is 0 Å². The summed E-state index contributed by atoms with van der Waals surface area (Å²) in [5, 5.41) is 0.611. The maximum absolute atomic E-state index is 6.06. The molecule has 0 saturated carbocycles. The SMILES string of the molecule is CC[C@@H](N)c1ccccc1SC(C)C. The lowest BCUT2D eigenvalue weighted by atomic mass is 10.1. The van der Waals surface area contributed by atoms with Crippen molar-refractivity contribution < 1.29 is 0 Å². The average molecular weight is 209 g/mol. The zero-order chi connectivity index (χ0) is 10.6. The van der Waals surface area contributed by atoms with Crippen LogP contribution < -0.4 is 5.73 Å². The maximum atomic E-state index is 6.06. The Balaban J connectivity index is 2.91. The Morgan fingerprint density at radius 2 is 1.93 bits per heavy atom. The quantitative estimate of drug-likeness (QED) is 0.767. The van der Waals surface area contributed by atoms with Crippen molar-refractivity contribution in [2.24, 2.45) is 5.73 Å². The van der Waals surface area contributed by atoms with Crippen molar-refractivity contribution in [3.63, 3.8) is 0 Å². The summed E-state index contributed by atoms with van der Waals surface area (Å²) in [6.45, 7) is 6.54. The molecule has 14 heavy (non-hydrogen) atoms. The Hall–Kier alpha value is -0.470. The summed E-state index contributed by atoms with van der Waals surface area (Å²) in [5.41, 5.74) is 7.34. The Morgan fingerprint density at radius 3 is 2.50 bits per heavy atom. The van der Waals surface area contributed by atoms with Crippen LogP contribution >= 0.6 is 11.8 Å². The lowest BCUT2D eigenvalue weighted by molar-refractivity contribution is 0.685. The van der Waals surface area contributed by atoms with E-state index >= 15 is 0 Å². The highest BCUT2D eigenvalue weighted by molar-refractivity contribution is 8.00. The van der Waals surface area contributed by atoms with Gasteiger partial charge in [0.15, 0.2) is 0 Å². The maximum Gasteiger partial charge on any atom is 0.0303 e. The molecule has 0 aliphatic carbocycles. The molecule has 0 heterocycles. The van der Waals surface area contributed by atoms with Crippen LogP contribution in [0.2, 0.25) is 0 Å². The van der Waals surface area contributed by atoms with Gasteiger partial charge in [0.25, 0.3) is 0 Å². The zero-order valence-corrected chi connectivity index (χ0v) is 9.97. The molecule has 0 fully saturated rings. The van der Waals surface area contributed by atoms with Gasteiger partial charge in [-0.3, -0.25) is 0 Å². The van der Waals surface area contributed by atoms with E-state index in [0.29, 0.717) is 5.25 Å². The van der Waals surface area contributed by atoms with Crippen LogP contribution in [0.1, 0.15) is 38.8 Å². The van der Waals surface area contributed by atoms with Crippen LogP contribution in [0.4, 0.5) is 0 Å². The molecule has 0 radical (unpaired) electrons. The summed E-state index contributed by atoms with van der Waals surface area (Å²) in [6.07, 6.45) is 0.996. The molecule has 1 aromatic carbocycles. The highest BCUT2D eigenvalue weighted by Crippen LogP contribution is 2.30. The summed E-state index contributed by atoms with van der Waals surface area (Å²) in [6, 6.07) is 8.62. The van der Waals surface area contributed by atoms with Gasteiger partial charge in [-0.15, -0.1) is 11.8 Å². The molecule has 0 aromatic heterocycles. The topological polar surface area (TPSA) is 26.0 Å². The third kappa shape index (κ3) is 3.03. The first-order valence-corrected chi connectivity index (χ1v) is 6.04. The van der Waals surface area contributed by atoms with Crippen molar-refractivity contribution in [2.45, 2.75) is 43.4 Å². The number of thioether (sulfide) groups is 1. The second-order valence-corrected chi connectivity index (χ2v) is 5.34. The standard InChI is InChI=1S/C12H19NS/c1-4-11(13)10-7-5-6-8-12(10)14-9(2)3/h5-9,11H,4,13H2,1-3H3/t11-/m1/s1. The van der Waals surface area contributed by atoms with Crippen molar-refractivity contribution in [1.29, 1.82) is 0 Å². The predicted molar refractivity (Wildman–Crippen MR) is 64.7 cm³/mol. The van der Waals surface area contributed by atoms with E-state index < -0.39 is 0 Å². The first-order chi connectivity index (χ1) is 6.65. The molecule has 1 rings (SSSR count). The van der Waals surface area contributed by atoms with Crippen molar-refractivity contribution in [2.75, 3.05) is 0 Å². The molecule has 0 aliphatic rings. The fourth-order valence-corrected chi connectivity index (χ4v) is 2.39. The van der Waals surface area contributed by atoms with Gasteiger partial charge in [0.05, 0.1) is 0 Å². The van der Waals surface area contributed by atoms with Gasteiger partial charge < -0.3 is 5.73 Å². The highest BCUT2D eigenvalue weighted by atomic mass is 32.2. The van der Waals surface area contributed by atoms with Crippen LogP contribution in [0.15, 0.2) is 29.2 Å². The molecule has 0 saturated heterocycles. The minimum Gasteiger partial charge on any atom is -0.324 e. The minimum atomic E-state index is 0.178. The van der Waals surface area contributed by atoms with Crippen LogP contribution in [0.25, 0.3) is 0 Å². The van der Waals surface area contributed by atoms with Gasteiger partial charge in [-0.05, 0) is 18.1 Å². The van der Waals surface area contributed by atoms with E-state index in [9.17, 15) is 0 Å². The van der Waals surface area contributed by atoms with E-state index in [1.165, 1.54) is 10.5 Å². The third-order valence-electron chi connectivity index (χ3n) is 2.12. The number of rotatable bonds is 4. The lowest BCUT2D eigenvalue weighted by Crippen LogP contribution is -2.10. The molecular weight excluding hydrogens is 190 g/mol. The third-order valence-corrected chi connectivity index (χ3v) is 3.22. The van der Waals surface area contributed by atoms with Gasteiger partial charge in [0.2, 0.25) is 0 Å². The van der Waals surface area contributed by atoms with E-state index in [1.807, 2.05) is 11.8 Å². The Labute approximate surface area is 91.1 Å². The molecule has 1 nitrogen and oxygen atoms in total. The molecule has 0 spiro atoms. The van der Waals surface area contributed by atoms with Gasteiger partial charge in [0.1, 0.15) is 0 Å². The molecule has 0 amide bonds. The van der Waals surface area contributed by atoms with Crippen molar-refractivity contribution in [1.82, 2.24) is 0 Å². The van der Waals surface area contributed by atoms with Gasteiger partial charge in [-0.1, -0.05) is 39.0 Å². The number of hydrogen-bond donors (Lipinski definition) is 1. The van der Waals surface area contributed by atoms with E-state index in [2.05, 4.69) is 45.0 Å². The fourth-order valence-electron chi connectivity index (χ4n) is 1.37. The predicted octanol–water partition coefficient (Wildman–Crippen LogP) is 3.60. The number of hydrogen-bond acceptors (Lipinski definition) is 2. The molecule has 0 unspecified atom stereocenters. The van der Waals surface area contributed by atoms with E-state index in [1.54, 1.807) is 0 Å². The minimum absolute atomic E-state index is 0.178. The smallest absolute Gasteiger partial charge is 0.0303 e. The van der Waals surface area contributed by atoms with E-state index in [0.717, 1.165) is 6.42 Å². The molecule has 1 aromatic rings. The summed E-state index contributed by atoms with van der Waals surface area (Å²) >= 11 is 1.89. The van der Waals surface area contributed by atoms with Crippen molar-refractivity contribution >= 4 is 11.8 Å². The van der Waals surface area contributed by atoms with Crippen LogP contribution in [0.5, 0.6) is 0 Å². The highest BCUT2D eigenvalue weighted by Gasteiger charge is 2.09. The second-order valence-electron chi connectivity index (χ2n) is 3.72. The van der Waals surface area contributed by atoms with Crippen LogP contribution in [0, 0.1) is 0 Å². The van der Waals surface area contributed by atoms with Gasteiger partial charge in [-0.2, -0.15) is 0 Å². The Kier molecular flexibility index (Phi) is 4.49. The second kappa shape index (κ2) is 5.42. The zero-order valence-electron chi connectivity index (χ0n) is 9.16. The summed E-state index contributed by atoms with van der Waals surface area (Å²) in [5.74, 6) is 0. The normalized spacial score (nSPS) is 13.2. The molecule has 2 heteroatoms. The fraction of sp³-hybridized carbons (Fsp3) is 0.500. The number of benzene rings is 1. The molecule has 0 aliphatic heterocycles. The molecule has 2 N–H and O–H groups in total. The van der Waals surface area contributed by atoms with Gasteiger partial charge in [0, 0.05) is 16.2 Å².